The molecule has 1 aliphatic carbocycles. The molecule has 0 spiro atoms. The summed E-state index contributed by atoms with van der Waals surface area (Å²) in [6.07, 6.45) is 2.18. The summed E-state index contributed by atoms with van der Waals surface area (Å²) in [5.41, 5.74) is 2.38. The zero-order valence-electron chi connectivity index (χ0n) is 24.8. The molecule has 2 amide bonds. The first kappa shape index (κ1) is 31.5. The highest BCUT2D eigenvalue weighted by Crippen LogP contribution is 2.42. The average Bonchev–Trinajstić information content (AvgIpc) is 3.67. The molecule has 6 rings (SSSR count). The predicted molar refractivity (Wildman–Crippen MR) is 153 cm³/mol. The lowest BCUT2D eigenvalue weighted by molar-refractivity contribution is -0.183. The van der Waals surface area contributed by atoms with Crippen LogP contribution in [-0.2, 0) is 17.8 Å². The third-order valence-corrected chi connectivity index (χ3v) is 8.87. The summed E-state index contributed by atoms with van der Waals surface area (Å²) in [7, 11) is 0. The minimum Gasteiger partial charge on any atom is -0.355 e. The van der Waals surface area contributed by atoms with E-state index in [1.165, 1.54) is 34.1 Å². The number of nitrogens with zero attached hydrogens (tertiary/aromatic N) is 7. The van der Waals surface area contributed by atoms with Crippen molar-refractivity contribution in [3.63, 3.8) is 0 Å². The van der Waals surface area contributed by atoms with E-state index in [0.717, 1.165) is 0 Å². The van der Waals surface area contributed by atoms with Crippen molar-refractivity contribution in [1.82, 2.24) is 45.0 Å². The van der Waals surface area contributed by atoms with Crippen molar-refractivity contribution in [3.8, 4) is 11.1 Å². The van der Waals surface area contributed by atoms with Crippen LogP contribution in [0.4, 0.5) is 22.0 Å². The molecule has 2 fully saturated rings. The third-order valence-electron chi connectivity index (χ3n) is 8.87. The minimum atomic E-state index is -4.46. The number of nitrogens with one attached hydrogen (secondary N) is 2. The lowest BCUT2D eigenvalue weighted by atomic mass is 9.81. The Hall–Kier alpha value is -4.50. The number of hydrogen-bond acceptors (Lipinski definition) is 7. The molecule has 4 aromatic heterocycles. The van der Waals surface area contributed by atoms with E-state index in [2.05, 4.69) is 30.8 Å². The van der Waals surface area contributed by atoms with E-state index in [1.807, 2.05) is 6.92 Å². The Balaban J connectivity index is 1.38. The fraction of sp³-hybridized carbons (Fsp3) is 0.500. The van der Waals surface area contributed by atoms with E-state index in [-0.39, 0.29) is 44.4 Å². The number of amides is 2. The number of hydrogen-bond donors (Lipinski definition) is 2. The van der Waals surface area contributed by atoms with Crippen molar-refractivity contribution in [2.24, 2.45) is 17.8 Å². The van der Waals surface area contributed by atoms with Gasteiger partial charge in [-0.2, -0.15) is 23.4 Å². The number of fused-ring (bicyclic) bond motifs is 1. The highest BCUT2D eigenvalue weighted by atomic mass is 19.4. The summed E-state index contributed by atoms with van der Waals surface area (Å²) >= 11 is 0. The Kier molecular flexibility index (Phi) is 8.46. The molecule has 4 aromatic rings. The molecule has 16 heteroatoms. The molecule has 1 saturated heterocycles. The summed E-state index contributed by atoms with van der Waals surface area (Å²) in [5, 5.41) is 14.2. The van der Waals surface area contributed by atoms with Crippen LogP contribution < -0.4 is 10.6 Å². The molecule has 0 bridgehead atoms. The number of alkyl halides is 5. The lowest BCUT2D eigenvalue weighted by Crippen LogP contribution is -2.47. The SMILES string of the molecule is CCn1nccc1C(=O)N[C@H](c1cn2nc(C[C@H]3C[C@@H](C(F)(F)F)CNC3=O)c(-c3cncnc3)cc2n1)C1CCC(F)(F)CC1. The van der Waals surface area contributed by atoms with Crippen LogP contribution in [0.25, 0.3) is 16.8 Å². The molecule has 11 nitrogen and oxygen atoms in total. The maximum Gasteiger partial charge on any atom is 0.393 e. The number of imidazole rings is 1. The molecule has 244 valence electrons. The van der Waals surface area contributed by atoms with Gasteiger partial charge in [0.25, 0.3) is 5.91 Å². The van der Waals surface area contributed by atoms with Gasteiger partial charge in [-0.15, -0.1) is 0 Å². The fourth-order valence-corrected chi connectivity index (χ4v) is 6.35. The van der Waals surface area contributed by atoms with Crippen LogP contribution in [0.15, 0.2) is 43.2 Å². The van der Waals surface area contributed by atoms with Gasteiger partial charge in [-0.3, -0.25) is 14.3 Å². The van der Waals surface area contributed by atoms with E-state index in [1.54, 1.807) is 18.3 Å². The zero-order chi connectivity index (χ0) is 32.6. The van der Waals surface area contributed by atoms with Gasteiger partial charge in [0, 0.05) is 68.0 Å². The summed E-state index contributed by atoms with van der Waals surface area (Å²) in [5.74, 6) is -6.73. The quantitative estimate of drug-likeness (QED) is 0.269. The normalized spacial score (nSPS) is 21.2. The van der Waals surface area contributed by atoms with E-state index < -0.39 is 48.3 Å². The smallest absolute Gasteiger partial charge is 0.355 e. The van der Waals surface area contributed by atoms with Gasteiger partial charge in [0.05, 0.1) is 29.5 Å². The third kappa shape index (κ3) is 6.56. The van der Waals surface area contributed by atoms with E-state index in [4.69, 9.17) is 4.98 Å². The molecule has 2 N–H and O–H groups in total. The average molecular weight is 646 g/mol. The molecule has 0 unspecified atom stereocenters. The Morgan fingerprint density at radius 2 is 1.93 bits per heavy atom. The molecule has 5 heterocycles. The first-order valence-electron chi connectivity index (χ1n) is 15.1. The number of piperidine rings is 1. The van der Waals surface area contributed by atoms with Gasteiger partial charge in [-0.05, 0) is 44.2 Å². The standard InChI is InChI=1S/C30H32F5N9O2/c1-2-43-24(5-8-39-43)28(46)41-26(17-3-6-29(31,32)7-4-17)23-15-44-25(40-23)11-21(19-12-36-16-37-13-19)22(42-44)10-18-9-20(30(33,34)35)14-38-27(18)45/h5,8,11-13,15-18,20,26H,2-4,6-7,9-10,14H2,1H3,(H,38,45)(H,41,46)/t18-,20-,26+/m1/s1. The number of carbonyl (C=O) groups excluding carboxylic acids is 2. The molecule has 1 aliphatic heterocycles. The monoisotopic (exact) mass is 645 g/mol. The van der Waals surface area contributed by atoms with Crippen LogP contribution >= 0.6 is 0 Å². The largest absolute Gasteiger partial charge is 0.393 e. The second-order valence-electron chi connectivity index (χ2n) is 11.9. The van der Waals surface area contributed by atoms with Crippen molar-refractivity contribution in [2.75, 3.05) is 6.54 Å². The summed E-state index contributed by atoms with van der Waals surface area (Å²) in [4.78, 5) is 38.9. The highest BCUT2D eigenvalue weighted by Gasteiger charge is 2.45. The predicted octanol–water partition coefficient (Wildman–Crippen LogP) is 4.56. The van der Waals surface area contributed by atoms with Crippen LogP contribution in [0.1, 0.15) is 66.9 Å². The van der Waals surface area contributed by atoms with E-state index in [0.29, 0.717) is 40.4 Å². The van der Waals surface area contributed by atoms with Crippen LogP contribution in [-0.4, -0.2) is 64.8 Å². The number of rotatable bonds is 8. The Morgan fingerprint density at radius 1 is 1.20 bits per heavy atom. The summed E-state index contributed by atoms with van der Waals surface area (Å²) < 4.78 is 71.9. The summed E-state index contributed by atoms with van der Waals surface area (Å²) in [6, 6.07) is 2.50. The minimum absolute atomic E-state index is 0.0923. The van der Waals surface area contributed by atoms with Gasteiger partial charge >= 0.3 is 6.18 Å². The van der Waals surface area contributed by atoms with Crippen molar-refractivity contribution < 1.29 is 31.5 Å². The first-order valence-corrected chi connectivity index (χ1v) is 15.1. The Bertz CT molecular complexity index is 1710. The molecule has 2 aliphatic rings. The number of halogens is 5. The molecule has 0 radical (unpaired) electrons. The van der Waals surface area contributed by atoms with Crippen molar-refractivity contribution in [1.29, 1.82) is 0 Å². The molecule has 3 atom stereocenters. The molecular weight excluding hydrogens is 613 g/mol. The molecule has 46 heavy (non-hydrogen) atoms. The van der Waals surface area contributed by atoms with Crippen LogP contribution in [0.5, 0.6) is 0 Å². The van der Waals surface area contributed by atoms with Crippen molar-refractivity contribution in [3.05, 3.63) is 60.3 Å². The Labute approximate surface area is 260 Å². The lowest BCUT2D eigenvalue weighted by Gasteiger charge is -2.33. The van der Waals surface area contributed by atoms with Gasteiger partial charge in [0.15, 0.2) is 5.65 Å². The first-order chi connectivity index (χ1) is 21.9. The molecular formula is C30H32F5N9O2. The van der Waals surface area contributed by atoms with Crippen LogP contribution in [0.3, 0.4) is 0 Å². The Morgan fingerprint density at radius 3 is 2.63 bits per heavy atom. The second-order valence-corrected chi connectivity index (χ2v) is 11.9. The topological polar surface area (TPSA) is 132 Å². The van der Waals surface area contributed by atoms with Gasteiger partial charge < -0.3 is 10.6 Å². The van der Waals surface area contributed by atoms with Gasteiger partial charge in [0.2, 0.25) is 11.8 Å². The van der Waals surface area contributed by atoms with Gasteiger partial charge in [-0.25, -0.2) is 28.2 Å². The molecule has 0 aromatic carbocycles. The maximum atomic E-state index is 14.1. The number of aromatic nitrogens is 7. The maximum absolute atomic E-state index is 14.1. The number of carbonyl (C=O) groups is 2. The highest BCUT2D eigenvalue weighted by molar-refractivity contribution is 5.92. The zero-order valence-corrected chi connectivity index (χ0v) is 24.8. The fourth-order valence-electron chi connectivity index (χ4n) is 6.35. The van der Waals surface area contributed by atoms with Crippen LogP contribution in [0, 0.1) is 17.8 Å². The van der Waals surface area contributed by atoms with E-state index in [9.17, 15) is 31.5 Å². The van der Waals surface area contributed by atoms with Crippen LogP contribution in [0.2, 0.25) is 0 Å². The summed E-state index contributed by atoms with van der Waals surface area (Å²) in [6.45, 7) is 1.81. The van der Waals surface area contributed by atoms with Crippen molar-refractivity contribution >= 4 is 17.5 Å². The van der Waals surface area contributed by atoms with E-state index >= 15 is 0 Å². The van der Waals surface area contributed by atoms with Crippen molar-refractivity contribution in [2.45, 2.75) is 70.1 Å². The van der Waals surface area contributed by atoms with Gasteiger partial charge in [-0.1, -0.05) is 0 Å². The molecule has 1 saturated carbocycles. The number of aryl methyl sites for hydroxylation is 1. The van der Waals surface area contributed by atoms with Gasteiger partial charge in [0.1, 0.15) is 12.0 Å². The second kappa shape index (κ2) is 12.4.